The predicted molar refractivity (Wildman–Crippen MR) is 104 cm³/mol. The lowest BCUT2D eigenvalue weighted by molar-refractivity contribution is 0.512. The average molecular weight is 383 g/mol. The van der Waals surface area contributed by atoms with Crippen LogP contribution in [0.1, 0.15) is 28.7 Å². The minimum atomic E-state index is 0.770. The molecule has 1 saturated heterocycles. The summed E-state index contributed by atoms with van der Waals surface area (Å²) in [7, 11) is 0. The molecule has 3 heteroatoms. The monoisotopic (exact) mass is 382 g/mol. The number of halogens is 1. The lowest BCUT2D eigenvalue weighted by atomic mass is 10.1. The fourth-order valence-electron chi connectivity index (χ4n) is 2.93. The first-order valence-corrected chi connectivity index (χ1v) is 9.28. The largest absolute Gasteiger partial charge is 0.316 e. The second-order valence-corrected chi connectivity index (χ2v) is 7.28. The molecule has 0 aromatic heterocycles. The molecule has 0 bridgehead atoms. The van der Waals surface area contributed by atoms with Crippen LogP contribution in [0.4, 0.5) is 0 Å². The zero-order valence-corrected chi connectivity index (χ0v) is 15.6. The molecule has 0 saturated carbocycles. The first-order chi connectivity index (χ1) is 11.7. The molecule has 2 N–H and O–H groups in total. The summed E-state index contributed by atoms with van der Waals surface area (Å²) in [6, 6.07) is 14.7. The number of nitrogens with one attached hydrogen (secondary N) is 2. The highest BCUT2D eigenvalue weighted by Crippen LogP contribution is 2.17. The van der Waals surface area contributed by atoms with E-state index >= 15 is 0 Å². The van der Waals surface area contributed by atoms with Gasteiger partial charge in [-0.1, -0.05) is 30.0 Å². The van der Waals surface area contributed by atoms with Gasteiger partial charge >= 0.3 is 0 Å². The predicted octanol–water partition coefficient (Wildman–Crippen LogP) is 3.86. The Balaban J connectivity index is 1.61. The molecule has 1 fully saturated rings. The fourth-order valence-corrected chi connectivity index (χ4v) is 3.52. The van der Waals surface area contributed by atoms with Crippen molar-refractivity contribution in [2.45, 2.75) is 19.9 Å². The van der Waals surface area contributed by atoms with Gasteiger partial charge in [0.1, 0.15) is 0 Å². The standard InChI is InChI=1S/C21H23BrN2/c1-16-5-7-20(21(22)11-16)8-6-17-3-2-4-18(12-17)13-24-15-19-9-10-23-14-19/h2-5,7,11-12,19,23-24H,9-10,13-15H2,1H3. The third-order valence-electron chi connectivity index (χ3n) is 4.32. The minimum absolute atomic E-state index is 0.770. The van der Waals surface area contributed by atoms with E-state index in [4.69, 9.17) is 0 Å². The highest BCUT2D eigenvalue weighted by molar-refractivity contribution is 9.10. The van der Waals surface area contributed by atoms with Gasteiger partial charge in [-0.15, -0.1) is 0 Å². The van der Waals surface area contributed by atoms with Crippen molar-refractivity contribution in [3.8, 4) is 11.8 Å². The number of rotatable bonds is 4. The van der Waals surface area contributed by atoms with E-state index in [1.165, 1.54) is 17.5 Å². The Labute approximate surface area is 153 Å². The second-order valence-electron chi connectivity index (χ2n) is 6.42. The summed E-state index contributed by atoms with van der Waals surface area (Å²) in [5.41, 5.74) is 4.61. The van der Waals surface area contributed by atoms with E-state index in [9.17, 15) is 0 Å². The van der Waals surface area contributed by atoms with Gasteiger partial charge in [-0.25, -0.2) is 0 Å². The first kappa shape index (κ1) is 17.2. The highest BCUT2D eigenvalue weighted by Gasteiger charge is 2.13. The lowest BCUT2D eigenvalue weighted by Crippen LogP contribution is -2.24. The van der Waals surface area contributed by atoms with Crippen molar-refractivity contribution >= 4 is 15.9 Å². The van der Waals surface area contributed by atoms with Crippen LogP contribution in [0.15, 0.2) is 46.9 Å². The molecule has 1 aliphatic heterocycles. The molecule has 2 aromatic carbocycles. The molecule has 0 amide bonds. The quantitative estimate of drug-likeness (QED) is 0.784. The van der Waals surface area contributed by atoms with Crippen LogP contribution >= 0.6 is 15.9 Å². The Hall–Kier alpha value is -1.60. The molecule has 1 unspecified atom stereocenters. The van der Waals surface area contributed by atoms with Crippen LogP contribution in [-0.2, 0) is 6.54 Å². The molecular formula is C21H23BrN2. The van der Waals surface area contributed by atoms with Crippen molar-refractivity contribution in [1.82, 2.24) is 10.6 Å². The smallest absolute Gasteiger partial charge is 0.0391 e. The highest BCUT2D eigenvalue weighted by atomic mass is 79.9. The first-order valence-electron chi connectivity index (χ1n) is 8.49. The zero-order valence-electron chi connectivity index (χ0n) is 14.0. The maximum Gasteiger partial charge on any atom is 0.0391 e. The van der Waals surface area contributed by atoms with Crippen LogP contribution in [0, 0.1) is 24.7 Å². The van der Waals surface area contributed by atoms with Crippen LogP contribution in [0.5, 0.6) is 0 Å². The van der Waals surface area contributed by atoms with Gasteiger partial charge in [0.15, 0.2) is 0 Å². The molecule has 0 spiro atoms. The number of aryl methyl sites for hydroxylation is 1. The average Bonchev–Trinajstić information content (AvgIpc) is 3.08. The topological polar surface area (TPSA) is 24.1 Å². The van der Waals surface area contributed by atoms with E-state index < -0.39 is 0 Å². The molecule has 3 rings (SSSR count). The molecule has 1 aliphatic rings. The summed E-state index contributed by atoms with van der Waals surface area (Å²) in [4.78, 5) is 0. The molecule has 0 radical (unpaired) electrons. The van der Waals surface area contributed by atoms with E-state index in [2.05, 4.69) is 87.8 Å². The van der Waals surface area contributed by atoms with Gasteiger partial charge in [-0.05, 0) is 90.2 Å². The molecular weight excluding hydrogens is 360 g/mol. The normalized spacial score (nSPS) is 16.7. The lowest BCUT2D eigenvalue weighted by Gasteiger charge is -2.10. The van der Waals surface area contributed by atoms with E-state index in [1.807, 2.05) is 0 Å². The molecule has 124 valence electrons. The minimum Gasteiger partial charge on any atom is -0.316 e. The summed E-state index contributed by atoms with van der Waals surface area (Å²) in [6.07, 6.45) is 1.28. The van der Waals surface area contributed by atoms with Gasteiger partial charge < -0.3 is 10.6 Å². The summed E-state index contributed by atoms with van der Waals surface area (Å²) in [5, 5.41) is 6.97. The van der Waals surface area contributed by atoms with E-state index in [0.29, 0.717) is 0 Å². The van der Waals surface area contributed by atoms with Crippen molar-refractivity contribution in [3.63, 3.8) is 0 Å². The maximum absolute atomic E-state index is 3.58. The van der Waals surface area contributed by atoms with Crippen LogP contribution < -0.4 is 10.6 Å². The van der Waals surface area contributed by atoms with Crippen LogP contribution in [-0.4, -0.2) is 19.6 Å². The molecule has 0 aliphatic carbocycles. The molecule has 2 nitrogen and oxygen atoms in total. The van der Waals surface area contributed by atoms with Gasteiger partial charge in [-0.3, -0.25) is 0 Å². The van der Waals surface area contributed by atoms with Gasteiger partial charge in [0.05, 0.1) is 0 Å². The van der Waals surface area contributed by atoms with Crippen LogP contribution in [0.25, 0.3) is 0 Å². The Kier molecular flexibility index (Phi) is 6.09. The summed E-state index contributed by atoms with van der Waals surface area (Å²) >= 11 is 3.58. The van der Waals surface area contributed by atoms with E-state index in [-0.39, 0.29) is 0 Å². The Bertz CT molecular complexity index is 752. The molecule has 24 heavy (non-hydrogen) atoms. The second kappa shape index (κ2) is 8.48. The third-order valence-corrected chi connectivity index (χ3v) is 4.97. The maximum atomic E-state index is 3.58. The van der Waals surface area contributed by atoms with E-state index in [0.717, 1.165) is 47.7 Å². The summed E-state index contributed by atoms with van der Waals surface area (Å²) in [5.74, 6) is 7.30. The van der Waals surface area contributed by atoms with Crippen molar-refractivity contribution in [1.29, 1.82) is 0 Å². The van der Waals surface area contributed by atoms with Crippen LogP contribution in [0.2, 0.25) is 0 Å². The Morgan fingerprint density at radius 1 is 1.21 bits per heavy atom. The van der Waals surface area contributed by atoms with Crippen molar-refractivity contribution in [3.05, 3.63) is 69.2 Å². The van der Waals surface area contributed by atoms with Crippen molar-refractivity contribution in [2.75, 3.05) is 19.6 Å². The molecule has 1 heterocycles. The summed E-state index contributed by atoms with van der Waals surface area (Å²) in [6.45, 7) is 6.37. The number of benzene rings is 2. The molecule has 2 aromatic rings. The van der Waals surface area contributed by atoms with Gasteiger partial charge in [-0.2, -0.15) is 0 Å². The zero-order chi connectivity index (χ0) is 16.8. The van der Waals surface area contributed by atoms with E-state index in [1.54, 1.807) is 0 Å². The van der Waals surface area contributed by atoms with Gasteiger partial charge in [0.2, 0.25) is 0 Å². The SMILES string of the molecule is Cc1ccc(C#Cc2cccc(CNCC3CCNC3)c2)c(Br)c1. The number of hydrogen-bond donors (Lipinski definition) is 2. The molecule has 1 atom stereocenters. The summed E-state index contributed by atoms with van der Waals surface area (Å²) < 4.78 is 1.05. The van der Waals surface area contributed by atoms with Gasteiger partial charge in [0.25, 0.3) is 0 Å². The third kappa shape index (κ3) is 4.95. The van der Waals surface area contributed by atoms with Gasteiger partial charge in [0, 0.05) is 22.1 Å². The Morgan fingerprint density at radius 3 is 2.92 bits per heavy atom. The fraction of sp³-hybridized carbons (Fsp3) is 0.333. The van der Waals surface area contributed by atoms with Crippen LogP contribution in [0.3, 0.4) is 0 Å². The van der Waals surface area contributed by atoms with Crippen molar-refractivity contribution < 1.29 is 0 Å². The number of hydrogen-bond acceptors (Lipinski definition) is 2. The Morgan fingerprint density at radius 2 is 2.12 bits per heavy atom. The van der Waals surface area contributed by atoms with Crippen molar-refractivity contribution in [2.24, 2.45) is 5.92 Å².